The van der Waals surface area contributed by atoms with E-state index in [-0.39, 0.29) is 12.0 Å². The van der Waals surface area contributed by atoms with Gasteiger partial charge in [-0.2, -0.15) is 0 Å². The summed E-state index contributed by atoms with van der Waals surface area (Å²) >= 11 is 0. The summed E-state index contributed by atoms with van der Waals surface area (Å²) in [6.07, 6.45) is -2.33. The summed E-state index contributed by atoms with van der Waals surface area (Å²) in [7, 11) is 0. The van der Waals surface area contributed by atoms with Crippen LogP contribution in [-0.4, -0.2) is 40.8 Å². The third-order valence-corrected chi connectivity index (χ3v) is 1.59. The number of ketones is 1. The molecule has 0 rings (SSSR count). The van der Waals surface area contributed by atoms with E-state index in [2.05, 4.69) is 11.3 Å². The van der Waals surface area contributed by atoms with Gasteiger partial charge in [-0.1, -0.05) is 6.58 Å². The second kappa shape index (κ2) is 6.31. The number of hydrogen-bond donors (Lipinski definition) is 2. The lowest BCUT2D eigenvalue weighted by molar-refractivity contribution is -0.150. The molecule has 86 valence electrons. The number of hydrogen-bond acceptors (Lipinski definition) is 5. The van der Waals surface area contributed by atoms with Crippen molar-refractivity contribution >= 4 is 11.8 Å². The van der Waals surface area contributed by atoms with Gasteiger partial charge in [-0.25, -0.2) is 0 Å². The highest BCUT2D eigenvalue weighted by molar-refractivity contribution is 5.97. The molecule has 0 spiro atoms. The Morgan fingerprint density at radius 3 is 2.33 bits per heavy atom. The fourth-order valence-corrected chi connectivity index (χ4v) is 0.832. The summed E-state index contributed by atoms with van der Waals surface area (Å²) in [6, 6.07) is 0. The summed E-state index contributed by atoms with van der Waals surface area (Å²) < 4.78 is 4.58. The fraction of sp³-hybridized carbons (Fsp3) is 0.600. The van der Waals surface area contributed by atoms with Crippen molar-refractivity contribution in [2.45, 2.75) is 32.5 Å². The van der Waals surface area contributed by atoms with Crippen molar-refractivity contribution in [3.05, 3.63) is 12.2 Å². The Hall–Kier alpha value is -1.20. The molecule has 2 unspecified atom stereocenters. The molecule has 2 atom stereocenters. The summed E-state index contributed by atoms with van der Waals surface area (Å²) in [4.78, 5) is 22.0. The van der Waals surface area contributed by atoms with Crippen LogP contribution in [0.2, 0.25) is 0 Å². The molecule has 0 fully saturated rings. The molecule has 15 heavy (non-hydrogen) atoms. The Balaban J connectivity index is 3.90. The Morgan fingerprint density at radius 1 is 1.40 bits per heavy atom. The van der Waals surface area contributed by atoms with E-state index in [0.29, 0.717) is 0 Å². The minimum absolute atomic E-state index is 0.159. The van der Waals surface area contributed by atoms with Gasteiger partial charge < -0.3 is 14.9 Å². The molecule has 5 nitrogen and oxygen atoms in total. The van der Waals surface area contributed by atoms with E-state index in [1.807, 2.05) is 0 Å². The Bertz CT molecular complexity index is 257. The molecule has 0 heterocycles. The molecule has 2 N–H and O–H groups in total. The van der Waals surface area contributed by atoms with Crippen LogP contribution in [0.1, 0.15) is 20.3 Å². The molecule has 5 heteroatoms. The van der Waals surface area contributed by atoms with Crippen molar-refractivity contribution in [2.75, 3.05) is 6.61 Å². The molecule has 0 bridgehead atoms. The van der Waals surface area contributed by atoms with Gasteiger partial charge in [0.15, 0.2) is 11.9 Å². The summed E-state index contributed by atoms with van der Waals surface area (Å²) in [5.74, 6) is -1.21. The minimum Gasteiger partial charge on any atom is -0.462 e. The predicted octanol–water partition coefficient (Wildman–Crippen LogP) is -0.193. The first-order chi connectivity index (χ1) is 6.84. The number of Topliss-reactive ketones (excluding diaryl/α,β-unsaturated/α-hetero) is 1. The molecule has 0 aliphatic rings. The number of carbonyl (C=O) groups is 2. The van der Waals surface area contributed by atoms with Crippen molar-refractivity contribution in [1.29, 1.82) is 0 Å². The average molecular weight is 216 g/mol. The highest BCUT2D eigenvalue weighted by Gasteiger charge is 2.18. The molecule has 0 aromatic heterocycles. The molecule has 0 aliphatic heterocycles. The number of aliphatic hydroxyl groups is 2. The van der Waals surface area contributed by atoms with Crippen LogP contribution in [0.25, 0.3) is 0 Å². The number of carbonyl (C=O) groups excluding carboxylic acids is 2. The molecule has 0 saturated carbocycles. The average Bonchev–Trinajstić information content (AvgIpc) is 2.11. The highest BCUT2D eigenvalue weighted by atomic mass is 16.5. The summed E-state index contributed by atoms with van der Waals surface area (Å²) in [5.41, 5.74) is 0.203. The lowest BCUT2D eigenvalue weighted by Gasteiger charge is -2.10. The van der Waals surface area contributed by atoms with E-state index in [9.17, 15) is 14.7 Å². The van der Waals surface area contributed by atoms with Crippen LogP contribution in [0.5, 0.6) is 0 Å². The topological polar surface area (TPSA) is 83.8 Å². The molecule has 0 aromatic carbocycles. The molecular formula is C10H16O5. The molecule has 0 aliphatic carbocycles. The first kappa shape index (κ1) is 13.8. The zero-order valence-electron chi connectivity index (χ0n) is 8.90. The molecule has 0 amide bonds. The van der Waals surface area contributed by atoms with Gasteiger partial charge in [0.1, 0.15) is 6.61 Å². The Kier molecular flexibility index (Phi) is 5.81. The van der Waals surface area contributed by atoms with Crippen LogP contribution in [0, 0.1) is 0 Å². The Morgan fingerprint density at radius 2 is 1.93 bits per heavy atom. The van der Waals surface area contributed by atoms with Crippen LogP contribution in [0.4, 0.5) is 0 Å². The first-order valence-electron chi connectivity index (χ1n) is 4.56. The number of aliphatic hydroxyl groups excluding tert-OH is 2. The smallest absolute Gasteiger partial charge is 0.308 e. The third kappa shape index (κ3) is 5.98. The monoisotopic (exact) mass is 216 g/mol. The first-order valence-corrected chi connectivity index (χ1v) is 4.56. The van der Waals surface area contributed by atoms with Crippen molar-refractivity contribution in [3.63, 3.8) is 0 Å². The van der Waals surface area contributed by atoms with Crippen LogP contribution in [0.15, 0.2) is 12.2 Å². The normalized spacial score (nSPS) is 14.1. The van der Waals surface area contributed by atoms with Gasteiger partial charge in [-0.15, -0.1) is 0 Å². The number of ether oxygens (including phenoxy) is 1. The van der Waals surface area contributed by atoms with E-state index in [1.54, 1.807) is 0 Å². The van der Waals surface area contributed by atoms with Crippen LogP contribution in [-0.2, 0) is 14.3 Å². The maximum atomic E-state index is 11.1. The Labute approximate surface area is 88.4 Å². The largest absolute Gasteiger partial charge is 0.462 e. The van der Waals surface area contributed by atoms with Gasteiger partial charge in [0, 0.05) is 0 Å². The summed E-state index contributed by atoms with van der Waals surface area (Å²) in [6.45, 7) is 5.86. The van der Waals surface area contributed by atoms with Crippen LogP contribution < -0.4 is 0 Å². The summed E-state index contributed by atoms with van der Waals surface area (Å²) in [5, 5.41) is 18.1. The molecule has 0 radical (unpaired) electrons. The molecule has 0 aromatic rings. The lowest BCUT2D eigenvalue weighted by Crippen LogP contribution is -2.28. The predicted molar refractivity (Wildman–Crippen MR) is 53.1 cm³/mol. The van der Waals surface area contributed by atoms with Gasteiger partial charge in [0.25, 0.3) is 0 Å². The quantitative estimate of drug-likeness (QED) is 0.475. The van der Waals surface area contributed by atoms with Crippen LogP contribution >= 0.6 is 0 Å². The minimum atomic E-state index is -1.37. The van der Waals surface area contributed by atoms with Gasteiger partial charge >= 0.3 is 5.97 Å². The van der Waals surface area contributed by atoms with Crippen molar-refractivity contribution in [2.24, 2.45) is 0 Å². The second-order valence-electron chi connectivity index (χ2n) is 3.40. The number of rotatable bonds is 6. The standard InChI is InChI=1S/C10H16O5/c1-6(2)10(14)8(12)5-15-9(13)4-7(3)11/h7-8,11-12H,1,4-5H2,2-3H3. The highest BCUT2D eigenvalue weighted by Crippen LogP contribution is 1.99. The SMILES string of the molecule is C=C(C)C(=O)C(O)COC(=O)CC(C)O. The fourth-order valence-electron chi connectivity index (χ4n) is 0.832. The van der Waals surface area contributed by atoms with Gasteiger partial charge in [-0.3, -0.25) is 9.59 Å². The zero-order chi connectivity index (χ0) is 12.0. The molecular weight excluding hydrogens is 200 g/mol. The van der Waals surface area contributed by atoms with Crippen molar-refractivity contribution in [1.82, 2.24) is 0 Å². The van der Waals surface area contributed by atoms with Gasteiger partial charge in [-0.05, 0) is 19.4 Å². The van der Waals surface area contributed by atoms with E-state index >= 15 is 0 Å². The van der Waals surface area contributed by atoms with E-state index < -0.39 is 30.6 Å². The van der Waals surface area contributed by atoms with E-state index in [1.165, 1.54) is 13.8 Å². The van der Waals surface area contributed by atoms with Gasteiger partial charge in [0.05, 0.1) is 12.5 Å². The van der Waals surface area contributed by atoms with Gasteiger partial charge in [0.2, 0.25) is 0 Å². The zero-order valence-corrected chi connectivity index (χ0v) is 8.90. The van der Waals surface area contributed by atoms with Crippen molar-refractivity contribution in [3.8, 4) is 0 Å². The lowest BCUT2D eigenvalue weighted by atomic mass is 10.1. The van der Waals surface area contributed by atoms with E-state index in [4.69, 9.17) is 5.11 Å². The van der Waals surface area contributed by atoms with Crippen LogP contribution in [0.3, 0.4) is 0 Å². The number of esters is 1. The van der Waals surface area contributed by atoms with Crippen molar-refractivity contribution < 1.29 is 24.5 Å². The maximum absolute atomic E-state index is 11.1. The third-order valence-electron chi connectivity index (χ3n) is 1.59. The second-order valence-corrected chi connectivity index (χ2v) is 3.40. The molecule has 0 saturated heterocycles. The van der Waals surface area contributed by atoms with E-state index in [0.717, 1.165) is 0 Å². The maximum Gasteiger partial charge on any atom is 0.308 e.